The lowest BCUT2D eigenvalue weighted by Gasteiger charge is -2.06. The average molecular weight is 489 g/mol. The molecule has 0 unspecified atom stereocenters. The van der Waals surface area contributed by atoms with Crippen molar-refractivity contribution >= 4 is 57.5 Å². The van der Waals surface area contributed by atoms with Gasteiger partial charge in [0.1, 0.15) is 28.2 Å². The van der Waals surface area contributed by atoms with Crippen LogP contribution >= 0.6 is 34.5 Å². The highest BCUT2D eigenvalue weighted by atomic mass is 35.5. The minimum Gasteiger partial charge on any atom is -0.462 e. The Morgan fingerprint density at radius 2 is 2.00 bits per heavy atom. The van der Waals surface area contributed by atoms with Crippen molar-refractivity contribution in [1.29, 1.82) is 5.26 Å². The van der Waals surface area contributed by atoms with Crippen LogP contribution < -0.4 is 5.32 Å². The maximum Gasteiger partial charge on any atom is 0.341 e. The summed E-state index contributed by atoms with van der Waals surface area (Å²) in [7, 11) is 0. The second kappa shape index (κ2) is 10.0. The van der Waals surface area contributed by atoms with Crippen LogP contribution in [-0.2, 0) is 9.53 Å². The van der Waals surface area contributed by atoms with E-state index in [9.17, 15) is 14.9 Å². The molecule has 0 bridgehead atoms. The summed E-state index contributed by atoms with van der Waals surface area (Å²) in [6.07, 6.45) is 1.31. The lowest BCUT2D eigenvalue weighted by Crippen LogP contribution is -2.16. The van der Waals surface area contributed by atoms with Gasteiger partial charge in [0.2, 0.25) is 0 Å². The number of ether oxygens (including phenoxy) is 1. The molecular formula is C23H18Cl2N2O4S. The van der Waals surface area contributed by atoms with Gasteiger partial charge in [-0.25, -0.2) is 4.79 Å². The van der Waals surface area contributed by atoms with Crippen molar-refractivity contribution < 1.29 is 18.7 Å². The van der Waals surface area contributed by atoms with E-state index in [1.807, 2.05) is 13.0 Å². The fraction of sp³-hybridized carbons (Fsp3) is 0.174. The van der Waals surface area contributed by atoms with Gasteiger partial charge in [-0.2, -0.15) is 5.26 Å². The number of carbonyl (C=O) groups excluding carboxylic acids is 2. The molecule has 0 aliphatic heterocycles. The van der Waals surface area contributed by atoms with Crippen LogP contribution in [0.15, 0.2) is 40.3 Å². The van der Waals surface area contributed by atoms with Gasteiger partial charge in [0, 0.05) is 16.5 Å². The van der Waals surface area contributed by atoms with Crippen molar-refractivity contribution in [2.45, 2.75) is 20.8 Å². The summed E-state index contributed by atoms with van der Waals surface area (Å²) in [5, 5.41) is 13.2. The predicted molar refractivity (Wildman–Crippen MR) is 126 cm³/mol. The number of halogens is 2. The van der Waals surface area contributed by atoms with E-state index < -0.39 is 11.9 Å². The van der Waals surface area contributed by atoms with Gasteiger partial charge in [-0.1, -0.05) is 29.3 Å². The number of furan rings is 1. The SMILES string of the molecule is CCOC(=O)c1c(NC(=O)C(C#N)=Cc2ccc(-c3cccc(Cl)c3Cl)o2)sc(C)c1C. The minimum absolute atomic E-state index is 0.193. The molecule has 32 heavy (non-hydrogen) atoms. The fourth-order valence-electron chi connectivity index (χ4n) is 2.89. The Morgan fingerprint density at radius 1 is 1.25 bits per heavy atom. The van der Waals surface area contributed by atoms with Crippen molar-refractivity contribution in [2.75, 3.05) is 11.9 Å². The molecule has 164 valence electrons. The first-order chi connectivity index (χ1) is 15.3. The number of benzene rings is 1. The summed E-state index contributed by atoms with van der Waals surface area (Å²) in [5.74, 6) is -0.471. The summed E-state index contributed by atoms with van der Waals surface area (Å²) in [6.45, 7) is 5.53. The Kier molecular flexibility index (Phi) is 7.41. The van der Waals surface area contributed by atoms with Crippen molar-refractivity contribution in [3.8, 4) is 17.4 Å². The molecule has 1 amide bonds. The average Bonchev–Trinajstić information content (AvgIpc) is 3.32. The maximum absolute atomic E-state index is 12.7. The second-order valence-corrected chi connectivity index (χ2v) is 8.65. The number of nitrogens with zero attached hydrogens (tertiary/aromatic N) is 1. The third-order valence-electron chi connectivity index (χ3n) is 4.59. The predicted octanol–water partition coefficient (Wildman–Crippen LogP) is 6.65. The van der Waals surface area contributed by atoms with E-state index in [0.29, 0.717) is 26.4 Å². The number of nitrogens with one attached hydrogen (secondary N) is 1. The molecule has 0 aliphatic carbocycles. The molecule has 0 radical (unpaired) electrons. The number of esters is 1. The number of hydrogen-bond donors (Lipinski definition) is 1. The molecule has 3 aromatic rings. The number of carbonyl (C=O) groups is 2. The van der Waals surface area contributed by atoms with E-state index in [1.54, 1.807) is 44.2 Å². The van der Waals surface area contributed by atoms with Crippen LogP contribution in [0.4, 0.5) is 5.00 Å². The second-order valence-electron chi connectivity index (χ2n) is 6.64. The third kappa shape index (κ3) is 4.89. The van der Waals surface area contributed by atoms with E-state index in [4.69, 9.17) is 32.4 Å². The van der Waals surface area contributed by atoms with Crippen LogP contribution in [0.1, 0.15) is 33.5 Å². The summed E-state index contributed by atoms with van der Waals surface area (Å²) in [4.78, 5) is 25.9. The monoisotopic (exact) mass is 488 g/mol. The number of anilines is 1. The molecule has 9 heteroatoms. The zero-order chi connectivity index (χ0) is 23.4. The number of aryl methyl sites for hydroxylation is 1. The van der Waals surface area contributed by atoms with Crippen molar-refractivity contribution in [1.82, 2.24) is 0 Å². The Bertz CT molecular complexity index is 1270. The first kappa shape index (κ1) is 23.6. The number of hydrogen-bond acceptors (Lipinski definition) is 6. The largest absolute Gasteiger partial charge is 0.462 e. The van der Waals surface area contributed by atoms with Gasteiger partial charge in [0.05, 0.1) is 22.2 Å². The molecule has 1 aromatic carbocycles. The van der Waals surface area contributed by atoms with E-state index in [2.05, 4.69) is 5.32 Å². The highest BCUT2D eigenvalue weighted by molar-refractivity contribution is 7.16. The lowest BCUT2D eigenvalue weighted by molar-refractivity contribution is -0.112. The van der Waals surface area contributed by atoms with E-state index in [0.717, 1.165) is 10.4 Å². The van der Waals surface area contributed by atoms with Crippen molar-refractivity contribution in [2.24, 2.45) is 0 Å². The van der Waals surface area contributed by atoms with Crippen LogP contribution in [0.5, 0.6) is 0 Å². The number of amides is 1. The fourth-order valence-corrected chi connectivity index (χ4v) is 4.33. The van der Waals surface area contributed by atoms with Crippen LogP contribution in [0, 0.1) is 25.2 Å². The normalized spacial score (nSPS) is 11.2. The van der Waals surface area contributed by atoms with Gasteiger partial charge in [-0.15, -0.1) is 11.3 Å². The zero-order valence-electron chi connectivity index (χ0n) is 17.4. The van der Waals surface area contributed by atoms with Crippen LogP contribution in [0.3, 0.4) is 0 Å². The van der Waals surface area contributed by atoms with Gasteiger partial charge < -0.3 is 14.5 Å². The van der Waals surface area contributed by atoms with E-state index in [-0.39, 0.29) is 23.5 Å². The Hall–Kier alpha value is -3.05. The van der Waals surface area contributed by atoms with Gasteiger partial charge >= 0.3 is 5.97 Å². The molecule has 0 atom stereocenters. The molecule has 0 saturated heterocycles. The summed E-state index contributed by atoms with van der Waals surface area (Å²) in [6, 6.07) is 10.3. The molecule has 6 nitrogen and oxygen atoms in total. The molecule has 0 saturated carbocycles. The smallest absolute Gasteiger partial charge is 0.341 e. The Balaban J connectivity index is 1.87. The molecule has 3 rings (SSSR count). The third-order valence-corrected chi connectivity index (χ3v) is 6.53. The summed E-state index contributed by atoms with van der Waals surface area (Å²) < 4.78 is 10.8. The topological polar surface area (TPSA) is 92.3 Å². The number of nitriles is 1. The van der Waals surface area contributed by atoms with Crippen molar-refractivity contribution in [3.63, 3.8) is 0 Å². The highest BCUT2D eigenvalue weighted by Crippen LogP contribution is 2.35. The Labute approximate surface area is 199 Å². The quantitative estimate of drug-likeness (QED) is 0.238. The van der Waals surface area contributed by atoms with Crippen LogP contribution in [0.25, 0.3) is 17.4 Å². The molecular weight excluding hydrogens is 471 g/mol. The van der Waals surface area contributed by atoms with Gasteiger partial charge in [-0.3, -0.25) is 4.79 Å². The van der Waals surface area contributed by atoms with Crippen molar-refractivity contribution in [3.05, 3.63) is 67.7 Å². The number of rotatable bonds is 6. The van der Waals surface area contributed by atoms with Crippen LogP contribution in [0.2, 0.25) is 10.0 Å². The molecule has 0 fully saturated rings. The van der Waals surface area contributed by atoms with Gasteiger partial charge in [0.15, 0.2) is 0 Å². The number of thiophene rings is 1. The molecule has 0 aliphatic rings. The molecule has 0 spiro atoms. The minimum atomic E-state index is -0.668. The Morgan fingerprint density at radius 3 is 2.69 bits per heavy atom. The highest BCUT2D eigenvalue weighted by Gasteiger charge is 2.23. The first-order valence-corrected chi connectivity index (χ1v) is 11.1. The molecule has 2 aromatic heterocycles. The van der Waals surface area contributed by atoms with Gasteiger partial charge in [-0.05, 0) is 50.6 Å². The molecule has 1 N–H and O–H groups in total. The first-order valence-electron chi connectivity index (χ1n) is 9.51. The maximum atomic E-state index is 12.7. The van der Waals surface area contributed by atoms with E-state index >= 15 is 0 Å². The summed E-state index contributed by atoms with van der Waals surface area (Å²) in [5.41, 5.74) is 1.41. The standard InChI is InChI=1S/C23H18Cl2N2O4S/c1-4-30-23(29)19-12(2)13(3)32-22(19)27-21(28)14(11-26)10-15-8-9-18(31-15)16-6-5-7-17(24)20(16)25/h5-10H,4H2,1-3H3,(H,27,28). The van der Waals surface area contributed by atoms with E-state index in [1.165, 1.54) is 17.4 Å². The summed E-state index contributed by atoms with van der Waals surface area (Å²) >= 11 is 13.5. The molecule has 2 heterocycles. The lowest BCUT2D eigenvalue weighted by atomic mass is 10.1. The van der Waals surface area contributed by atoms with Gasteiger partial charge in [0.25, 0.3) is 5.91 Å². The zero-order valence-corrected chi connectivity index (χ0v) is 19.7. The van der Waals surface area contributed by atoms with Crippen LogP contribution in [-0.4, -0.2) is 18.5 Å².